The molecule has 1 atom stereocenters. The van der Waals surface area contributed by atoms with Crippen molar-refractivity contribution in [3.05, 3.63) is 35.9 Å². The number of aliphatic hydroxyl groups excluding tert-OH is 1. The van der Waals surface area contributed by atoms with Crippen LogP contribution in [0.4, 0.5) is 0 Å². The number of nitrogens with zero attached hydrogens (tertiary/aromatic N) is 5. The number of aliphatic hydroxyl groups is 1. The Labute approximate surface area is 124 Å². The first-order valence-corrected chi connectivity index (χ1v) is 8.00. The molecule has 0 radical (unpaired) electrons. The monoisotopic (exact) mass is 324 g/mol. The highest BCUT2D eigenvalue weighted by molar-refractivity contribution is 7.60. The van der Waals surface area contributed by atoms with Crippen LogP contribution in [0.1, 0.15) is 23.9 Å². The molecule has 4 N–H and O–H groups in total. The van der Waals surface area contributed by atoms with E-state index >= 15 is 0 Å². The lowest BCUT2D eigenvalue weighted by Crippen LogP contribution is -2.04. The summed E-state index contributed by atoms with van der Waals surface area (Å²) in [6.45, 7) is 0. The maximum absolute atomic E-state index is 11.3. The SMILES string of the molecule is O=P(O)(O)c1cn2cccc(CCC(O)c3nn[nH]n3)c2n1. The largest absolute Gasteiger partial charge is 0.385 e. The normalized spacial score (nSPS) is 13.6. The highest BCUT2D eigenvalue weighted by atomic mass is 31.2. The first kappa shape index (κ1) is 14.8. The van der Waals surface area contributed by atoms with Gasteiger partial charge in [-0.15, -0.1) is 10.2 Å². The number of aromatic amines is 1. The molecule has 0 amide bonds. The second kappa shape index (κ2) is 5.58. The fourth-order valence-corrected chi connectivity index (χ4v) is 2.63. The van der Waals surface area contributed by atoms with Gasteiger partial charge in [-0.05, 0) is 24.5 Å². The molecule has 0 fully saturated rings. The topological polar surface area (TPSA) is 150 Å². The van der Waals surface area contributed by atoms with Crippen molar-refractivity contribution in [2.75, 3.05) is 0 Å². The van der Waals surface area contributed by atoms with Gasteiger partial charge in [0.15, 0.2) is 5.44 Å². The molecule has 3 heterocycles. The molecule has 0 bridgehead atoms. The van der Waals surface area contributed by atoms with E-state index in [1.165, 1.54) is 6.20 Å². The van der Waals surface area contributed by atoms with Crippen LogP contribution in [0.5, 0.6) is 0 Å². The number of tetrazole rings is 1. The fourth-order valence-electron chi connectivity index (χ4n) is 2.13. The lowest BCUT2D eigenvalue weighted by molar-refractivity contribution is 0.158. The second-order valence-corrected chi connectivity index (χ2v) is 6.28. The maximum Gasteiger partial charge on any atom is 0.376 e. The van der Waals surface area contributed by atoms with Crippen LogP contribution in [-0.2, 0) is 11.0 Å². The third-order valence-corrected chi connectivity index (χ3v) is 4.01. The van der Waals surface area contributed by atoms with Crippen LogP contribution in [0, 0.1) is 0 Å². The van der Waals surface area contributed by atoms with Crippen molar-refractivity contribution in [2.45, 2.75) is 18.9 Å². The van der Waals surface area contributed by atoms with E-state index in [9.17, 15) is 19.5 Å². The first-order chi connectivity index (χ1) is 10.4. The van der Waals surface area contributed by atoms with Gasteiger partial charge in [-0.3, -0.25) is 4.57 Å². The van der Waals surface area contributed by atoms with E-state index in [1.807, 2.05) is 0 Å². The summed E-state index contributed by atoms with van der Waals surface area (Å²) in [5, 5.41) is 23.0. The van der Waals surface area contributed by atoms with Crippen LogP contribution in [0.25, 0.3) is 5.65 Å². The van der Waals surface area contributed by atoms with Crippen molar-refractivity contribution < 1.29 is 19.5 Å². The molecule has 22 heavy (non-hydrogen) atoms. The van der Waals surface area contributed by atoms with Gasteiger partial charge in [0.2, 0.25) is 5.82 Å². The van der Waals surface area contributed by atoms with Crippen LogP contribution < -0.4 is 5.44 Å². The van der Waals surface area contributed by atoms with Gasteiger partial charge in [0.05, 0.1) is 0 Å². The van der Waals surface area contributed by atoms with Gasteiger partial charge in [0.25, 0.3) is 0 Å². The predicted molar refractivity (Wildman–Crippen MR) is 74.3 cm³/mol. The molecule has 0 spiro atoms. The van der Waals surface area contributed by atoms with Crippen LogP contribution in [0.2, 0.25) is 0 Å². The highest BCUT2D eigenvalue weighted by Gasteiger charge is 2.22. The van der Waals surface area contributed by atoms with E-state index in [1.54, 1.807) is 22.7 Å². The van der Waals surface area contributed by atoms with E-state index in [4.69, 9.17) is 0 Å². The van der Waals surface area contributed by atoms with Crippen molar-refractivity contribution in [1.82, 2.24) is 30.0 Å². The van der Waals surface area contributed by atoms with Gasteiger partial charge < -0.3 is 19.3 Å². The number of rotatable bonds is 5. The minimum absolute atomic E-state index is 0.200. The number of hydrogen-bond acceptors (Lipinski definition) is 6. The maximum atomic E-state index is 11.3. The van der Waals surface area contributed by atoms with Gasteiger partial charge in [0, 0.05) is 12.4 Å². The molecule has 11 heteroatoms. The Morgan fingerprint density at radius 3 is 2.91 bits per heavy atom. The van der Waals surface area contributed by atoms with E-state index in [0.717, 1.165) is 5.56 Å². The number of aryl methyl sites for hydroxylation is 1. The van der Waals surface area contributed by atoms with E-state index < -0.39 is 13.7 Å². The molecule has 0 aromatic carbocycles. The number of imidazole rings is 1. The molecule has 0 saturated carbocycles. The zero-order valence-corrected chi connectivity index (χ0v) is 12.1. The summed E-state index contributed by atoms with van der Waals surface area (Å²) in [6.07, 6.45) is 2.85. The molecule has 3 aromatic rings. The number of fused-ring (bicyclic) bond motifs is 1. The van der Waals surface area contributed by atoms with Crippen molar-refractivity contribution in [1.29, 1.82) is 0 Å². The van der Waals surface area contributed by atoms with Gasteiger partial charge in [-0.2, -0.15) is 5.21 Å². The van der Waals surface area contributed by atoms with Gasteiger partial charge in [-0.25, -0.2) is 4.98 Å². The van der Waals surface area contributed by atoms with E-state index in [0.29, 0.717) is 18.5 Å². The number of H-pyrrole nitrogens is 1. The Morgan fingerprint density at radius 2 is 2.23 bits per heavy atom. The molecular formula is C11H13N6O4P. The molecule has 0 aliphatic heterocycles. The number of hydrogen-bond donors (Lipinski definition) is 4. The minimum Gasteiger partial charge on any atom is -0.385 e. The van der Waals surface area contributed by atoms with Crippen molar-refractivity contribution in [2.24, 2.45) is 0 Å². The molecule has 3 rings (SSSR count). The summed E-state index contributed by atoms with van der Waals surface area (Å²) < 4.78 is 12.8. The van der Waals surface area contributed by atoms with Crippen molar-refractivity contribution in [3.8, 4) is 0 Å². The fraction of sp³-hybridized carbons (Fsp3) is 0.273. The highest BCUT2D eigenvalue weighted by Crippen LogP contribution is 2.32. The van der Waals surface area contributed by atoms with Gasteiger partial charge in [0.1, 0.15) is 11.8 Å². The van der Waals surface area contributed by atoms with Crippen LogP contribution in [-0.4, -0.2) is 44.9 Å². The molecule has 1 unspecified atom stereocenters. The van der Waals surface area contributed by atoms with Gasteiger partial charge in [-0.1, -0.05) is 11.3 Å². The lowest BCUT2D eigenvalue weighted by Gasteiger charge is -2.06. The third-order valence-electron chi connectivity index (χ3n) is 3.20. The predicted octanol–water partition coefficient (Wildman–Crippen LogP) is -0.683. The Kier molecular flexibility index (Phi) is 3.75. The average Bonchev–Trinajstić information content (AvgIpc) is 3.12. The smallest absolute Gasteiger partial charge is 0.376 e. The van der Waals surface area contributed by atoms with E-state index in [-0.39, 0.29) is 11.3 Å². The van der Waals surface area contributed by atoms with E-state index in [2.05, 4.69) is 25.6 Å². The molecular weight excluding hydrogens is 311 g/mol. The molecule has 0 aliphatic carbocycles. The summed E-state index contributed by atoms with van der Waals surface area (Å²) in [5.74, 6) is 0.200. The number of pyridine rings is 1. The second-order valence-electron chi connectivity index (χ2n) is 4.73. The minimum atomic E-state index is -4.40. The Bertz CT molecular complexity index is 826. The van der Waals surface area contributed by atoms with Crippen LogP contribution in [0.15, 0.2) is 24.5 Å². The molecule has 10 nitrogen and oxygen atoms in total. The Morgan fingerprint density at radius 1 is 1.41 bits per heavy atom. The van der Waals surface area contributed by atoms with Crippen molar-refractivity contribution >= 4 is 18.7 Å². The lowest BCUT2D eigenvalue weighted by atomic mass is 10.1. The van der Waals surface area contributed by atoms with Crippen LogP contribution >= 0.6 is 7.60 Å². The Balaban J connectivity index is 1.84. The van der Waals surface area contributed by atoms with Crippen LogP contribution in [0.3, 0.4) is 0 Å². The average molecular weight is 324 g/mol. The summed E-state index contributed by atoms with van der Waals surface area (Å²) >= 11 is 0. The number of nitrogens with one attached hydrogen (secondary N) is 1. The zero-order valence-electron chi connectivity index (χ0n) is 11.2. The number of aromatic nitrogens is 6. The third kappa shape index (κ3) is 2.90. The molecule has 0 saturated heterocycles. The molecule has 0 aliphatic rings. The quantitative estimate of drug-likeness (QED) is 0.451. The standard InChI is InChI=1S/C11H13N6O4P/c18-8(10-13-15-16-14-10)4-3-7-2-1-5-17-6-9(12-11(7)17)22(19,20)21/h1-2,5-6,8,18H,3-4H2,(H2,19,20,21)(H,13,14,15,16). The summed E-state index contributed by atoms with van der Waals surface area (Å²) in [5.41, 5.74) is 0.921. The Hall–Kier alpha value is -2.13. The molecule has 3 aromatic heterocycles. The van der Waals surface area contributed by atoms with Gasteiger partial charge >= 0.3 is 7.60 Å². The summed E-state index contributed by atoms with van der Waals surface area (Å²) in [6, 6.07) is 3.53. The zero-order chi connectivity index (χ0) is 15.7. The van der Waals surface area contributed by atoms with Crippen molar-refractivity contribution in [3.63, 3.8) is 0 Å². The summed E-state index contributed by atoms with van der Waals surface area (Å²) in [4.78, 5) is 22.4. The molecule has 116 valence electrons. The first-order valence-electron chi connectivity index (χ1n) is 6.39. The summed E-state index contributed by atoms with van der Waals surface area (Å²) in [7, 11) is -4.40.